The molecular formula is C16H26BNO3S. The summed E-state index contributed by atoms with van der Waals surface area (Å²) in [4.78, 5) is 0. The lowest BCUT2D eigenvalue weighted by Crippen LogP contribution is -2.61. The number of hydrogen-bond acceptors (Lipinski definition) is 3. The molecule has 0 spiro atoms. The molecule has 0 saturated carbocycles. The smallest absolute Gasteiger partial charge is 0.211 e. The molecule has 0 aromatic heterocycles. The average Bonchev–Trinajstić information content (AvgIpc) is 2.45. The Labute approximate surface area is 136 Å². The summed E-state index contributed by atoms with van der Waals surface area (Å²) in [5.74, 6) is 0.415. The van der Waals surface area contributed by atoms with E-state index in [4.69, 9.17) is 12.6 Å². The maximum atomic E-state index is 12.0. The molecule has 2 radical (unpaired) electrons. The lowest BCUT2D eigenvalue weighted by molar-refractivity contribution is -0.0173. The van der Waals surface area contributed by atoms with Gasteiger partial charge in [-0.25, -0.2) is 12.7 Å². The van der Waals surface area contributed by atoms with Crippen molar-refractivity contribution in [1.82, 2.24) is 4.31 Å². The summed E-state index contributed by atoms with van der Waals surface area (Å²) in [6.45, 7) is 9.76. The SMILES string of the molecule is CC.[B]C1(N(C)S(C)(=O)=O)c2ccccc2OC(C)(C)C1C. The minimum absolute atomic E-state index is 0.218. The highest BCUT2D eigenvalue weighted by Gasteiger charge is 2.52. The van der Waals surface area contributed by atoms with E-state index < -0.39 is 21.1 Å². The molecule has 0 saturated heterocycles. The fraction of sp³-hybridized carbons (Fsp3) is 0.625. The van der Waals surface area contributed by atoms with E-state index in [0.29, 0.717) is 11.3 Å². The average molecular weight is 323 g/mol. The highest BCUT2D eigenvalue weighted by Crippen LogP contribution is 2.48. The van der Waals surface area contributed by atoms with Gasteiger partial charge in [0, 0.05) is 24.0 Å². The van der Waals surface area contributed by atoms with E-state index >= 15 is 0 Å². The van der Waals surface area contributed by atoms with Crippen LogP contribution in [0.15, 0.2) is 24.3 Å². The third-order valence-corrected chi connectivity index (χ3v) is 5.71. The van der Waals surface area contributed by atoms with Crippen LogP contribution in [0.4, 0.5) is 0 Å². The van der Waals surface area contributed by atoms with Crippen LogP contribution in [0.25, 0.3) is 0 Å². The van der Waals surface area contributed by atoms with Gasteiger partial charge in [0.05, 0.1) is 6.26 Å². The van der Waals surface area contributed by atoms with Gasteiger partial charge < -0.3 is 4.74 Å². The van der Waals surface area contributed by atoms with Gasteiger partial charge in [0.15, 0.2) is 0 Å². The maximum absolute atomic E-state index is 12.0. The van der Waals surface area contributed by atoms with Crippen LogP contribution in [0.5, 0.6) is 5.75 Å². The molecule has 6 heteroatoms. The Morgan fingerprint density at radius 1 is 1.23 bits per heavy atom. The first-order valence-electron chi connectivity index (χ1n) is 7.52. The Kier molecular flexibility index (Phi) is 5.40. The van der Waals surface area contributed by atoms with Crippen molar-refractivity contribution < 1.29 is 13.2 Å². The molecule has 4 nitrogen and oxygen atoms in total. The molecule has 122 valence electrons. The van der Waals surface area contributed by atoms with Crippen molar-refractivity contribution in [3.63, 3.8) is 0 Å². The van der Waals surface area contributed by atoms with Crippen LogP contribution in [0.1, 0.15) is 40.2 Å². The van der Waals surface area contributed by atoms with Gasteiger partial charge in [-0.3, -0.25) is 0 Å². The van der Waals surface area contributed by atoms with Gasteiger partial charge >= 0.3 is 0 Å². The van der Waals surface area contributed by atoms with Crippen molar-refractivity contribution in [2.24, 2.45) is 5.92 Å². The second-order valence-electron chi connectivity index (χ2n) is 5.98. The predicted molar refractivity (Wildman–Crippen MR) is 91.7 cm³/mol. The summed E-state index contributed by atoms with van der Waals surface area (Å²) >= 11 is 0. The highest BCUT2D eigenvalue weighted by atomic mass is 32.2. The van der Waals surface area contributed by atoms with Crippen molar-refractivity contribution in [2.75, 3.05) is 13.3 Å². The minimum Gasteiger partial charge on any atom is -0.487 e. The zero-order valence-corrected chi connectivity index (χ0v) is 15.4. The summed E-state index contributed by atoms with van der Waals surface area (Å²) in [7, 11) is 4.67. The molecule has 22 heavy (non-hydrogen) atoms. The van der Waals surface area contributed by atoms with Crippen LogP contribution in [0, 0.1) is 5.92 Å². The van der Waals surface area contributed by atoms with Gasteiger partial charge in [0.25, 0.3) is 0 Å². The van der Waals surface area contributed by atoms with E-state index in [1.54, 1.807) is 0 Å². The highest BCUT2D eigenvalue weighted by molar-refractivity contribution is 7.88. The lowest BCUT2D eigenvalue weighted by atomic mass is 9.58. The summed E-state index contributed by atoms with van der Waals surface area (Å²) in [6.07, 6.45) is 1.17. The van der Waals surface area contributed by atoms with E-state index in [0.717, 1.165) is 0 Å². The first kappa shape index (κ1) is 19.0. The fourth-order valence-electron chi connectivity index (χ4n) is 2.74. The van der Waals surface area contributed by atoms with Gasteiger partial charge in [0.2, 0.25) is 10.0 Å². The Bertz CT molecular complexity index is 630. The molecule has 0 bridgehead atoms. The summed E-state index contributed by atoms with van der Waals surface area (Å²) in [5.41, 5.74) is -1.01. The van der Waals surface area contributed by atoms with Crippen LogP contribution < -0.4 is 4.74 Å². The molecule has 1 aliphatic heterocycles. The fourth-order valence-corrected chi connectivity index (χ4v) is 3.54. The Hall–Kier alpha value is -1.01. The van der Waals surface area contributed by atoms with Crippen molar-refractivity contribution in [3.05, 3.63) is 29.8 Å². The molecule has 2 atom stereocenters. The van der Waals surface area contributed by atoms with E-state index in [2.05, 4.69) is 0 Å². The van der Waals surface area contributed by atoms with Gasteiger partial charge in [-0.2, -0.15) is 0 Å². The van der Waals surface area contributed by atoms with Crippen molar-refractivity contribution in [3.8, 4) is 5.75 Å². The molecule has 0 amide bonds. The summed E-state index contributed by atoms with van der Waals surface area (Å²) in [5, 5.41) is 0. The summed E-state index contributed by atoms with van der Waals surface area (Å²) in [6, 6.07) is 7.33. The van der Waals surface area contributed by atoms with Crippen LogP contribution in [-0.4, -0.2) is 39.5 Å². The quantitative estimate of drug-likeness (QED) is 0.786. The van der Waals surface area contributed by atoms with E-state index in [1.165, 1.54) is 17.6 Å². The number of fused-ring (bicyclic) bond motifs is 1. The zero-order valence-electron chi connectivity index (χ0n) is 14.5. The largest absolute Gasteiger partial charge is 0.487 e. The van der Waals surface area contributed by atoms with Gasteiger partial charge in [-0.15, -0.1) is 0 Å². The number of sulfonamides is 1. The zero-order chi connectivity index (χ0) is 17.3. The van der Waals surface area contributed by atoms with E-state index in [9.17, 15) is 8.42 Å². The molecule has 0 aliphatic carbocycles. The number of rotatable bonds is 2. The second-order valence-corrected chi connectivity index (χ2v) is 7.99. The van der Waals surface area contributed by atoms with Crippen LogP contribution in [-0.2, 0) is 15.5 Å². The molecule has 2 unspecified atom stereocenters. The molecule has 1 aliphatic rings. The maximum Gasteiger partial charge on any atom is 0.211 e. The molecule has 1 aromatic rings. The first-order chi connectivity index (χ1) is 10.0. The van der Waals surface area contributed by atoms with Crippen LogP contribution in [0.3, 0.4) is 0 Å². The number of ether oxygens (including phenoxy) is 1. The Morgan fingerprint density at radius 2 is 1.73 bits per heavy atom. The Morgan fingerprint density at radius 3 is 2.23 bits per heavy atom. The minimum atomic E-state index is -3.43. The third-order valence-electron chi connectivity index (χ3n) is 4.41. The number of para-hydroxylation sites is 1. The normalized spacial score (nSPS) is 26.5. The van der Waals surface area contributed by atoms with Gasteiger partial charge in [-0.05, 0) is 19.9 Å². The Balaban J connectivity index is 0.00000116. The van der Waals surface area contributed by atoms with Gasteiger partial charge in [-0.1, -0.05) is 39.0 Å². The first-order valence-corrected chi connectivity index (χ1v) is 9.37. The molecule has 0 fully saturated rings. The number of benzene rings is 1. The van der Waals surface area contributed by atoms with Crippen LogP contribution >= 0.6 is 0 Å². The van der Waals surface area contributed by atoms with Crippen LogP contribution in [0.2, 0.25) is 0 Å². The van der Waals surface area contributed by atoms with E-state index in [1.807, 2.05) is 58.9 Å². The van der Waals surface area contributed by atoms with Crippen molar-refractivity contribution in [1.29, 1.82) is 0 Å². The monoisotopic (exact) mass is 323 g/mol. The molecule has 2 rings (SSSR count). The lowest BCUT2D eigenvalue weighted by Gasteiger charge is -2.53. The predicted octanol–water partition coefficient (Wildman–Crippen LogP) is 2.73. The number of hydrogen-bond donors (Lipinski definition) is 0. The second kappa shape index (κ2) is 6.24. The molecule has 0 N–H and O–H groups in total. The van der Waals surface area contributed by atoms with Crippen molar-refractivity contribution >= 4 is 17.9 Å². The number of nitrogens with zero attached hydrogens (tertiary/aromatic N) is 1. The van der Waals surface area contributed by atoms with Crippen molar-refractivity contribution in [2.45, 2.75) is 45.7 Å². The molecular weight excluding hydrogens is 297 g/mol. The third kappa shape index (κ3) is 3.04. The topological polar surface area (TPSA) is 46.6 Å². The molecule has 1 aromatic carbocycles. The van der Waals surface area contributed by atoms with E-state index in [-0.39, 0.29) is 5.92 Å². The van der Waals surface area contributed by atoms with Gasteiger partial charge in [0.1, 0.15) is 19.2 Å². The standard InChI is InChI=1S/C14H20BNO3S.C2H6/c1-10-13(2,3)19-12-9-7-6-8-11(12)14(10,15)16(4)20(5,17)18;1-2/h6-10H,1-5H3;1-2H3. The summed E-state index contributed by atoms with van der Waals surface area (Å²) < 4.78 is 31.2. The molecule has 1 heterocycles.